The number of unbranched alkanes of at least 4 members (excludes halogenated alkanes) is 54. The van der Waals surface area contributed by atoms with E-state index in [2.05, 4.69) is 45.1 Å². The van der Waals surface area contributed by atoms with E-state index in [1.54, 1.807) is 0 Å². The van der Waals surface area contributed by atoms with Crippen LogP contribution in [0.1, 0.15) is 419 Å². The fourth-order valence-electron chi connectivity index (χ4n) is 11.4. The molecule has 478 valence electrons. The maximum atomic E-state index is 12.9. The highest BCUT2D eigenvalue weighted by atomic mass is 16.6. The minimum absolute atomic E-state index is 0.0683. The van der Waals surface area contributed by atoms with Crippen LogP contribution in [0, 0.1) is 0 Å². The van der Waals surface area contributed by atoms with Gasteiger partial charge in [-0.15, -0.1) is 0 Å². The predicted molar refractivity (Wildman–Crippen MR) is 353 cm³/mol. The van der Waals surface area contributed by atoms with Gasteiger partial charge in [0, 0.05) is 19.3 Å². The van der Waals surface area contributed by atoms with Crippen LogP contribution < -0.4 is 0 Å². The Morgan fingerprint density at radius 1 is 0.235 bits per heavy atom. The summed E-state index contributed by atoms with van der Waals surface area (Å²) in [4.78, 5) is 38.4. The Labute approximate surface area is 506 Å². The molecular weight excluding hydrogens is 997 g/mol. The van der Waals surface area contributed by atoms with Gasteiger partial charge in [-0.1, -0.05) is 360 Å². The van der Waals surface area contributed by atoms with E-state index in [1.807, 2.05) is 0 Å². The minimum atomic E-state index is -0.772. The molecular formula is C75H142O6. The molecule has 6 heteroatoms. The van der Waals surface area contributed by atoms with Gasteiger partial charge in [0.1, 0.15) is 13.2 Å². The predicted octanol–water partition coefficient (Wildman–Crippen LogP) is 25.3. The molecule has 0 aromatic carbocycles. The molecule has 6 nitrogen and oxygen atoms in total. The molecule has 0 aromatic rings. The number of rotatable bonds is 69. The van der Waals surface area contributed by atoms with Crippen LogP contribution >= 0.6 is 0 Å². The fourth-order valence-corrected chi connectivity index (χ4v) is 11.4. The highest BCUT2D eigenvalue weighted by Crippen LogP contribution is 2.19. The molecule has 0 fully saturated rings. The number of ether oxygens (including phenoxy) is 3. The first-order valence-corrected chi connectivity index (χ1v) is 36.8. The maximum Gasteiger partial charge on any atom is 0.306 e. The van der Waals surface area contributed by atoms with Crippen molar-refractivity contribution in [3.05, 3.63) is 24.3 Å². The van der Waals surface area contributed by atoms with Crippen molar-refractivity contribution in [2.45, 2.75) is 425 Å². The van der Waals surface area contributed by atoms with Crippen molar-refractivity contribution in [2.24, 2.45) is 0 Å². The van der Waals surface area contributed by atoms with Crippen molar-refractivity contribution in [1.82, 2.24) is 0 Å². The van der Waals surface area contributed by atoms with E-state index in [0.29, 0.717) is 19.3 Å². The van der Waals surface area contributed by atoms with E-state index in [1.165, 1.54) is 308 Å². The quantitative estimate of drug-likeness (QED) is 0.0261. The molecule has 0 aromatic heterocycles. The van der Waals surface area contributed by atoms with Crippen LogP contribution in [0.5, 0.6) is 0 Å². The van der Waals surface area contributed by atoms with Crippen molar-refractivity contribution < 1.29 is 28.6 Å². The van der Waals surface area contributed by atoms with Gasteiger partial charge in [-0.25, -0.2) is 0 Å². The first kappa shape index (κ1) is 78.9. The molecule has 0 heterocycles. The highest BCUT2D eigenvalue weighted by molar-refractivity contribution is 5.71. The summed E-state index contributed by atoms with van der Waals surface area (Å²) in [5.74, 6) is -0.849. The van der Waals surface area contributed by atoms with Crippen LogP contribution in [0.4, 0.5) is 0 Å². The number of allylic oxidation sites excluding steroid dienone is 4. The van der Waals surface area contributed by atoms with Gasteiger partial charge in [0.25, 0.3) is 0 Å². The van der Waals surface area contributed by atoms with Crippen LogP contribution in [0.15, 0.2) is 24.3 Å². The van der Waals surface area contributed by atoms with E-state index in [9.17, 15) is 14.4 Å². The molecule has 0 saturated heterocycles. The topological polar surface area (TPSA) is 78.9 Å². The lowest BCUT2D eigenvalue weighted by atomic mass is 10.0. The van der Waals surface area contributed by atoms with Crippen LogP contribution in [0.2, 0.25) is 0 Å². The standard InChI is InChI=1S/C75H142O6/c1-4-7-10-13-16-19-22-24-26-28-30-32-34-36-37-38-40-41-43-45-47-49-51-53-56-59-62-65-68-74(77)80-71-72(70-79-73(76)67-64-61-58-55-21-18-15-12-9-6-3)81-75(78)69-66-63-60-57-54-52-50-48-46-44-42-39-35-33-31-29-27-25-23-20-17-14-11-8-5-2/h12,15,29,31,72H,4-11,13-14,16-28,30,32-71H2,1-3H3/b15-12-,31-29-. The van der Waals surface area contributed by atoms with Gasteiger partial charge in [-0.05, 0) is 64.2 Å². The van der Waals surface area contributed by atoms with Crippen molar-refractivity contribution in [3.63, 3.8) is 0 Å². The maximum absolute atomic E-state index is 12.9. The average molecular weight is 1140 g/mol. The third-order valence-electron chi connectivity index (χ3n) is 16.9. The molecule has 0 N–H and O–H groups in total. The Kier molecular flexibility index (Phi) is 68.5. The number of hydrogen-bond acceptors (Lipinski definition) is 6. The Balaban J connectivity index is 4.10. The fraction of sp³-hybridized carbons (Fsp3) is 0.907. The van der Waals surface area contributed by atoms with Crippen molar-refractivity contribution in [1.29, 1.82) is 0 Å². The number of esters is 3. The van der Waals surface area contributed by atoms with Gasteiger partial charge in [-0.3, -0.25) is 14.4 Å². The van der Waals surface area contributed by atoms with Crippen molar-refractivity contribution in [2.75, 3.05) is 13.2 Å². The molecule has 0 aliphatic heterocycles. The summed E-state index contributed by atoms with van der Waals surface area (Å²) in [6.45, 7) is 6.65. The van der Waals surface area contributed by atoms with E-state index in [4.69, 9.17) is 14.2 Å². The number of carbonyl (C=O) groups excluding carboxylic acids is 3. The molecule has 0 aliphatic rings. The SMILES string of the molecule is CCC/C=C\CCCCCCCC(=O)OCC(COC(=O)CCCCCCCCCCCCCCCCCCCCCCCCCCCCCC)OC(=O)CCCCCCCCCCCCCCC/C=C\CCCCCCCCCC. The Hall–Kier alpha value is -2.11. The zero-order valence-electron chi connectivity index (χ0n) is 55.1. The lowest BCUT2D eigenvalue weighted by Gasteiger charge is -2.18. The average Bonchev–Trinajstić information content (AvgIpc) is 3.47. The summed E-state index contributed by atoms with van der Waals surface area (Å²) in [6, 6.07) is 0. The summed E-state index contributed by atoms with van der Waals surface area (Å²) in [5.41, 5.74) is 0. The molecule has 0 bridgehead atoms. The molecule has 0 saturated carbocycles. The second-order valence-corrected chi connectivity index (χ2v) is 25.2. The third kappa shape index (κ3) is 68.6. The molecule has 0 radical (unpaired) electrons. The zero-order valence-corrected chi connectivity index (χ0v) is 55.1. The lowest BCUT2D eigenvalue weighted by molar-refractivity contribution is -0.167. The molecule has 0 amide bonds. The number of carbonyl (C=O) groups is 3. The largest absolute Gasteiger partial charge is 0.462 e. The van der Waals surface area contributed by atoms with Crippen molar-refractivity contribution in [3.8, 4) is 0 Å². The van der Waals surface area contributed by atoms with Crippen LogP contribution in [-0.2, 0) is 28.6 Å². The molecule has 81 heavy (non-hydrogen) atoms. The third-order valence-corrected chi connectivity index (χ3v) is 16.9. The Morgan fingerprint density at radius 3 is 0.667 bits per heavy atom. The Bertz CT molecular complexity index is 1310. The normalized spacial score (nSPS) is 12.1. The highest BCUT2D eigenvalue weighted by Gasteiger charge is 2.20. The summed E-state index contributed by atoms with van der Waals surface area (Å²) < 4.78 is 17.0. The monoisotopic (exact) mass is 1140 g/mol. The second-order valence-electron chi connectivity index (χ2n) is 25.2. The summed E-state index contributed by atoms with van der Waals surface area (Å²) >= 11 is 0. The molecule has 1 atom stereocenters. The van der Waals surface area contributed by atoms with Gasteiger partial charge >= 0.3 is 17.9 Å². The smallest absolute Gasteiger partial charge is 0.306 e. The summed E-state index contributed by atoms with van der Waals surface area (Å²) in [5, 5.41) is 0. The van der Waals surface area contributed by atoms with Gasteiger partial charge in [0.05, 0.1) is 0 Å². The van der Waals surface area contributed by atoms with E-state index in [-0.39, 0.29) is 31.1 Å². The van der Waals surface area contributed by atoms with Gasteiger partial charge in [-0.2, -0.15) is 0 Å². The summed E-state index contributed by atoms with van der Waals surface area (Å²) in [6.07, 6.45) is 86.7. The molecule has 0 spiro atoms. The molecule has 0 aliphatic carbocycles. The summed E-state index contributed by atoms with van der Waals surface area (Å²) in [7, 11) is 0. The van der Waals surface area contributed by atoms with Crippen LogP contribution in [0.25, 0.3) is 0 Å². The minimum Gasteiger partial charge on any atom is -0.462 e. The van der Waals surface area contributed by atoms with Crippen LogP contribution in [0.3, 0.4) is 0 Å². The zero-order chi connectivity index (χ0) is 58.5. The molecule has 0 rings (SSSR count). The van der Waals surface area contributed by atoms with E-state index >= 15 is 0 Å². The number of hydrogen-bond donors (Lipinski definition) is 0. The van der Waals surface area contributed by atoms with Gasteiger partial charge in [0.2, 0.25) is 0 Å². The second kappa shape index (κ2) is 70.4. The van der Waals surface area contributed by atoms with Crippen LogP contribution in [-0.4, -0.2) is 37.2 Å². The first-order valence-electron chi connectivity index (χ1n) is 36.8. The van der Waals surface area contributed by atoms with E-state index < -0.39 is 6.10 Å². The van der Waals surface area contributed by atoms with E-state index in [0.717, 1.165) is 70.6 Å². The lowest BCUT2D eigenvalue weighted by Crippen LogP contribution is -2.30. The Morgan fingerprint density at radius 2 is 0.432 bits per heavy atom. The van der Waals surface area contributed by atoms with Gasteiger partial charge < -0.3 is 14.2 Å². The first-order chi connectivity index (χ1) is 40.0. The van der Waals surface area contributed by atoms with Gasteiger partial charge in [0.15, 0.2) is 6.10 Å². The molecule has 1 unspecified atom stereocenters. The van der Waals surface area contributed by atoms with Crippen molar-refractivity contribution >= 4 is 17.9 Å².